The first-order chi connectivity index (χ1) is 8.66. The number of hydrogen-bond donors (Lipinski definition) is 1. The van der Waals surface area contributed by atoms with E-state index in [1.807, 2.05) is 18.3 Å². The minimum atomic E-state index is 0.312. The maximum absolute atomic E-state index is 4.39. The Morgan fingerprint density at radius 3 is 2.94 bits per heavy atom. The average Bonchev–Trinajstić information content (AvgIpc) is 2.40. The molecular weight excluding hydrogens is 224 g/mol. The van der Waals surface area contributed by atoms with E-state index >= 15 is 0 Å². The van der Waals surface area contributed by atoms with Gasteiger partial charge in [-0.15, -0.1) is 0 Å². The summed E-state index contributed by atoms with van der Waals surface area (Å²) in [6.45, 7) is 6.65. The molecule has 100 valence electrons. The van der Waals surface area contributed by atoms with Crippen LogP contribution in [0.3, 0.4) is 0 Å². The largest absolute Gasteiger partial charge is 0.307 e. The van der Waals surface area contributed by atoms with Gasteiger partial charge in [0.05, 0.1) is 5.69 Å². The van der Waals surface area contributed by atoms with Gasteiger partial charge in [0.15, 0.2) is 0 Å². The van der Waals surface area contributed by atoms with Crippen LogP contribution in [0.4, 0.5) is 0 Å². The van der Waals surface area contributed by atoms with E-state index in [0.29, 0.717) is 12.1 Å². The van der Waals surface area contributed by atoms with Crippen LogP contribution in [0.2, 0.25) is 0 Å². The van der Waals surface area contributed by atoms with Gasteiger partial charge in [-0.25, -0.2) is 0 Å². The molecule has 1 saturated heterocycles. The molecule has 0 aliphatic carbocycles. The molecule has 1 N–H and O–H groups in total. The Bertz CT molecular complexity index is 354. The van der Waals surface area contributed by atoms with Crippen molar-refractivity contribution in [2.45, 2.75) is 19.0 Å². The predicted molar refractivity (Wildman–Crippen MR) is 74.6 cm³/mol. The molecule has 0 spiro atoms. The number of nitrogens with zero attached hydrogens (tertiary/aromatic N) is 3. The van der Waals surface area contributed by atoms with Crippen LogP contribution in [0, 0.1) is 0 Å². The van der Waals surface area contributed by atoms with E-state index in [2.05, 4.69) is 47.2 Å². The third-order valence-electron chi connectivity index (χ3n) is 3.77. The number of piperazine rings is 1. The monoisotopic (exact) mass is 248 g/mol. The molecule has 2 atom stereocenters. The van der Waals surface area contributed by atoms with Crippen molar-refractivity contribution in [2.24, 2.45) is 0 Å². The summed E-state index contributed by atoms with van der Waals surface area (Å²) < 4.78 is 0. The molecule has 0 amide bonds. The Morgan fingerprint density at radius 1 is 1.39 bits per heavy atom. The lowest BCUT2D eigenvalue weighted by atomic mass is 10.1. The molecule has 1 fully saturated rings. The Balaban J connectivity index is 1.83. The molecule has 1 aliphatic heterocycles. The Labute approximate surface area is 110 Å². The molecule has 0 aromatic carbocycles. The fraction of sp³-hybridized carbons (Fsp3) is 0.643. The number of nitrogens with one attached hydrogen (secondary N) is 1. The minimum Gasteiger partial charge on any atom is -0.307 e. The van der Waals surface area contributed by atoms with Crippen LogP contribution in [0.25, 0.3) is 0 Å². The lowest BCUT2D eigenvalue weighted by Crippen LogP contribution is -2.53. The van der Waals surface area contributed by atoms with Crippen molar-refractivity contribution < 1.29 is 0 Å². The molecule has 2 unspecified atom stereocenters. The van der Waals surface area contributed by atoms with Crippen LogP contribution in [0.15, 0.2) is 24.4 Å². The Kier molecular flexibility index (Phi) is 4.69. The molecular formula is C14H24N4. The summed E-state index contributed by atoms with van der Waals surface area (Å²) in [5.41, 5.74) is 1.12. The third kappa shape index (κ3) is 3.51. The highest BCUT2D eigenvalue weighted by molar-refractivity contribution is 5.07. The van der Waals surface area contributed by atoms with E-state index in [0.717, 1.165) is 25.3 Å². The van der Waals surface area contributed by atoms with Crippen LogP contribution in [0.5, 0.6) is 0 Å². The highest BCUT2D eigenvalue weighted by Gasteiger charge is 2.22. The first-order valence-electron chi connectivity index (χ1n) is 6.70. The van der Waals surface area contributed by atoms with Gasteiger partial charge in [-0.2, -0.15) is 0 Å². The lowest BCUT2D eigenvalue weighted by Gasteiger charge is -2.38. The van der Waals surface area contributed by atoms with Crippen molar-refractivity contribution in [1.82, 2.24) is 20.1 Å². The number of hydrogen-bond acceptors (Lipinski definition) is 4. The molecule has 2 heterocycles. The van der Waals surface area contributed by atoms with Gasteiger partial charge in [0.2, 0.25) is 0 Å². The topological polar surface area (TPSA) is 31.4 Å². The number of rotatable bonds is 4. The normalized spacial score (nSPS) is 24.1. The molecule has 4 heteroatoms. The smallest absolute Gasteiger partial charge is 0.0570 e. The fourth-order valence-electron chi connectivity index (χ4n) is 2.37. The van der Waals surface area contributed by atoms with Gasteiger partial charge in [0.1, 0.15) is 0 Å². The van der Waals surface area contributed by atoms with E-state index in [9.17, 15) is 0 Å². The second-order valence-electron chi connectivity index (χ2n) is 5.28. The van der Waals surface area contributed by atoms with Crippen LogP contribution in [-0.4, -0.2) is 61.1 Å². The van der Waals surface area contributed by atoms with Crippen molar-refractivity contribution >= 4 is 0 Å². The van der Waals surface area contributed by atoms with Gasteiger partial charge < -0.3 is 10.2 Å². The van der Waals surface area contributed by atoms with Crippen molar-refractivity contribution in [1.29, 1.82) is 0 Å². The van der Waals surface area contributed by atoms with E-state index in [4.69, 9.17) is 0 Å². The van der Waals surface area contributed by atoms with E-state index in [1.54, 1.807) is 0 Å². The number of pyridine rings is 1. The molecule has 1 aromatic heterocycles. The van der Waals surface area contributed by atoms with E-state index < -0.39 is 0 Å². The summed E-state index contributed by atoms with van der Waals surface area (Å²) in [5.74, 6) is 0. The third-order valence-corrected chi connectivity index (χ3v) is 3.77. The number of aromatic nitrogens is 1. The van der Waals surface area contributed by atoms with E-state index in [-0.39, 0.29) is 0 Å². The summed E-state index contributed by atoms with van der Waals surface area (Å²) in [7, 11) is 4.41. The quantitative estimate of drug-likeness (QED) is 0.860. The average molecular weight is 248 g/mol. The van der Waals surface area contributed by atoms with Crippen molar-refractivity contribution in [3.05, 3.63) is 30.1 Å². The maximum Gasteiger partial charge on any atom is 0.0570 e. The fourth-order valence-corrected chi connectivity index (χ4v) is 2.37. The highest BCUT2D eigenvalue weighted by atomic mass is 15.3. The zero-order valence-electron chi connectivity index (χ0n) is 11.6. The Hall–Kier alpha value is -0.970. The van der Waals surface area contributed by atoms with E-state index in [1.165, 1.54) is 6.54 Å². The number of likely N-dealkylation sites (N-methyl/N-ethyl adjacent to an activating group) is 2. The second kappa shape index (κ2) is 6.27. The van der Waals surface area contributed by atoms with Gasteiger partial charge in [-0.1, -0.05) is 6.07 Å². The molecule has 1 aromatic rings. The standard InChI is InChI=1S/C14H24N4/c1-12(14-6-4-5-7-15-14)16-10-13-11-17(2)8-9-18(13)3/h4-7,12-13,16H,8-11H2,1-3H3. The first-order valence-corrected chi connectivity index (χ1v) is 6.70. The second-order valence-corrected chi connectivity index (χ2v) is 5.28. The van der Waals surface area contributed by atoms with Gasteiger partial charge in [-0.3, -0.25) is 9.88 Å². The summed E-state index contributed by atoms with van der Waals surface area (Å²) in [6.07, 6.45) is 1.86. The summed E-state index contributed by atoms with van der Waals surface area (Å²) in [6, 6.07) is 6.98. The van der Waals surface area contributed by atoms with Crippen molar-refractivity contribution in [3.63, 3.8) is 0 Å². The summed E-state index contributed by atoms with van der Waals surface area (Å²) in [5, 5.41) is 3.59. The minimum absolute atomic E-state index is 0.312. The highest BCUT2D eigenvalue weighted by Crippen LogP contribution is 2.10. The molecule has 0 bridgehead atoms. The molecule has 18 heavy (non-hydrogen) atoms. The Morgan fingerprint density at radius 2 is 2.22 bits per heavy atom. The van der Waals surface area contributed by atoms with Gasteiger partial charge in [0, 0.05) is 44.5 Å². The van der Waals surface area contributed by atoms with Crippen LogP contribution in [-0.2, 0) is 0 Å². The molecule has 2 rings (SSSR count). The summed E-state index contributed by atoms with van der Waals surface area (Å²) >= 11 is 0. The zero-order valence-corrected chi connectivity index (χ0v) is 11.6. The van der Waals surface area contributed by atoms with Crippen molar-refractivity contribution in [3.8, 4) is 0 Å². The van der Waals surface area contributed by atoms with Gasteiger partial charge in [0.25, 0.3) is 0 Å². The lowest BCUT2D eigenvalue weighted by molar-refractivity contribution is 0.111. The molecule has 4 nitrogen and oxygen atoms in total. The van der Waals surface area contributed by atoms with Crippen LogP contribution >= 0.6 is 0 Å². The molecule has 0 radical (unpaired) electrons. The van der Waals surface area contributed by atoms with Crippen LogP contribution in [0.1, 0.15) is 18.7 Å². The maximum atomic E-state index is 4.39. The molecule has 0 saturated carbocycles. The van der Waals surface area contributed by atoms with Gasteiger partial charge >= 0.3 is 0 Å². The van der Waals surface area contributed by atoms with Crippen molar-refractivity contribution in [2.75, 3.05) is 40.3 Å². The van der Waals surface area contributed by atoms with Crippen LogP contribution < -0.4 is 5.32 Å². The summed E-state index contributed by atoms with van der Waals surface area (Å²) in [4.78, 5) is 9.23. The SMILES string of the molecule is CC(NCC1CN(C)CCN1C)c1ccccn1. The molecule has 1 aliphatic rings. The zero-order chi connectivity index (χ0) is 13.0. The van der Waals surface area contributed by atoms with Gasteiger partial charge in [-0.05, 0) is 33.2 Å². The first kappa shape index (κ1) is 13.5. The predicted octanol–water partition coefficient (Wildman–Crippen LogP) is 0.978.